The molecule has 1 heterocycles. The van der Waals surface area contributed by atoms with E-state index in [1.54, 1.807) is 30.2 Å². The minimum Gasteiger partial charge on any atom is -0.288 e. The lowest BCUT2D eigenvalue weighted by Crippen LogP contribution is -2.23. The highest BCUT2D eigenvalue weighted by molar-refractivity contribution is 5.21. The van der Waals surface area contributed by atoms with Crippen molar-refractivity contribution < 1.29 is 13.2 Å². The van der Waals surface area contributed by atoms with E-state index in [0.717, 1.165) is 31.2 Å². The van der Waals surface area contributed by atoms with Crippen LogP contribution in [-0.4, -0.2) is 36.9 Å². The SMILES string of the molecule is C=CCCCC1=CCCC(F)C=C1.CC.CN1CC(F)CC1C#N.Cc1ccc(F)cc1. The fourth-order valence-corrected chi connectivity index (χ4v) is 3.08. The van der Waals surface area contributed by atoms with Gasteiger partial charge in [0.1, 0.15) is 24.2 Å². The van der Waals surface area contributed by atoms with Crippen LogP contribution in [0, 0.1) is 24.1 Å². The van der Waals surface area contributed by atoms with Gasteiger partial charge >= 0.3 is 0 Å². The van der Waals surface area contributed by atoms with Gasteiger partial charge in [0.15, 0.2) is 0 Å². The molecule has 32 heavy (non-hydrogen) atoms. The molecule has 0 bridgehead atoms. The minimum atomic E-state index is -0.792. The molecule has 2 nitrogen and oxygen atoms in total. The van der Waals surface area contributed by atoms with Crippen molar-refractivity contribution in [3.05, 3.63) is 72.1 Å². The molecule has 3 unspecified atom stereocenters. The fraction of sp³-hybridized carbons (Fsp3) is 0.519. The molecule has 3 atom stereocenters. The van der Waals surface area contributed by atoms with E-state index >= 15 is 0 Å². The van der Waals surface area contributed by atoms with Crippen LogP contribution in [0.5, 0.6) is 0 Å². The third-order valence-corrected chi connectivity index (χ3v) is 4.90. The second kappa shape index (κ2) is 18.3. The first kappa shape index (κ1) is 29.7. The molecule has 0 N–H and O–H groups in total. The summed E-state index contributed by atoms with van der Waals surface area (Å²) in [4.78, 5) is 1.74. The Balaban J connectivity index is 0.000000447. The van der Waals surface area contributed by atoms with E-state index in [2.05, 4.69) is 12.7 Å². The topological polar surface area (TPSA) is 27.0 Å². The first-order valence-electron chi connectivity index (χ1n) is 11.4. The van der Waals surface area contributed by atoms with Gasteiger partial charge in [0.2, 0.25) is 0 Å². The quantitative estimate of drug-likeness (QED) is 0.349. The molecule has 1 aromatic carbocycles. The summed E-state index contributed by atoms with van der Waals surface area (Å²) in [6, 6.07) is 8.23. The lowest BCUT2D eigenvalue weighted by molar-refractivity contribution is 0.313. The summed E-state index contributed by atoms with van der Waals surface area (Å²) in [5.74, 6) is -0.171. The van der Waals surface area contributed by atoms with Gasteiger partial charge in [0.05, 0.1) is 6.07 Å². The van der Waals surface area contributed by atoms with Crippen molar-refractivity contribution in [1.82, 2.24) is 4.90 Å². The van der Waals surface area contributed by atoms with Gasteiger partial charge in [-0.05, 0) is 58.2 Å². The van der Waals surface area contributed by atoms with E-state index in [1.807, 2.05) is 39.0 Å². The molecule has 3 rings (SSSR count). The highest BCUT2D eigenvalue weighted by Gasteiger charge is 2.28. The number of nitriles is 1. The Morgan fingerprint density at radius 3 is 2.34 bits per heavy atom. The van der Waals surface area contributed by atoms with Gasteiger partial charge in [-0.15, -0.1) is 6.58 Å². The smallest absolute Gasteiger partial charge is 0.123 e. The number of hydrogen-bond donors (Lipinski definition) is 0. The van der Waals surface area contributed by atoms with Crippen LogP contribution in [0.25, 0.3) is 0 Å². The predicted octanol–water partition coefficient (Wildman–Crippen LogP) is 7.67. The van der Waals surface area contributed by atoms with Gasteiger partial charge < -0.3 is 0 Å². The number of hydrogen-bond acceptors (Lipinski definition) is 2. The second-order valence-corrected chi connectivity index (χ2v) is 7.63. The highest BCUT2D eigenvalue weighted by atomic mass is 19.1. The Hall–Kier alpha value is -2.32. The average molecular weight is 449 g/mol. The van der Waals surface area contributed by atoms with Crippen molar-refractivity contribution in [2.75, 3.05) is 13.6 Å². The van der Waals surface area contributed by atoms with Crippen LogP contribution < -0.4 is 0 Å². The molecule has 2 aliphatic rings. The summed E-state index contributed by atoms with van der Waals surface area (Å²) in [7, 11) is 1.77. The van der Waals surface area contributed by atoms with Crippen molar-refractivity contribution in [2.24, 2.45) is 0 Å². The fourth-order valence-electron chi connectivity index (χ4n) is 3.08. The van der Waals surface area contributed by atoms with Gasteiger partial charge in [-0.1, -0.05) is 61.4 Å². The lowest BCUT2D eigenvalue weighted by Gasteiger charge is -2.08. The Labute approximate surface area is 193 Å². The molecular formula is C27H39F3N2. The summed E-state index contributed by atoms with van der Waals surface area (Å²) >= 11 is 0. The first-order chi connectivity index (χ1) is 15.3. The molecule has 178 valence electrons. The van der Waals surface area contributed by atoms with Crippen LogP contribution in [0.1, 0.15) is 57.9 Å². The normalized spacial score (nSPS) is 21.8. The van der Waals surface area contributed by atoms with Crippen LogP contribution in [0.15, 0.2) is 60.7 Å². The zero-order chi connectivity index (χ0) is 24.4. The van der Waals surface area contributed by atoms with E-state index in [-0.39, 0.29) is 11.9 Å². The number of unbranched alkanes of at least 4 members (excludes halogenated alkanes) is 1. The highest BCUT2D eigenvalue weighted by Crippen LogP contribution is 2.18. The maximum Gasteiger partial charge on any atom is 0.123 e. The summed E-state index contributed by atoms with van der Waals surface area (Å²) in [5, 5.41) is 8.40. The number of benzene rings is 1. The molecule has 0 radical (unpaired) electrons. The van der Waals surface area contributed by atoms with Crippen LogP contribution >= 0.6 is 0 Å². The van der Waals surface area contributed by atoms with E-state index in [4.69, 9.17) is 5.26 Å². The van der Waals surface area contributed by atoms with Crippen molar-refractivity contribution in [3.8, 4) is 6.07 Å². The average Bonchev–Trinajstić information content (AvgIpc) is 2.98. The second-order valence-electron chi connectivity index (χ2n) is 7.63. The van der Waals surface area contributed by atoms with Gasteiger partial charge in [-0.25, -0.2) is 13.2 Å². The van der Waals surface area contributed by atoms with Gasteiger partial charge in [-0.3, -0.25) is 4.90 Å². The summed E-state index contributed by atoms with van der Waals surface area (Å²) in [6.45, 7) is 10.0. The van der Waals surface area contributed by atoms with E-state index < -0.39 is 12.3 Å². The number of likely N-dealkylation sites (tertiary alicyclic amines) is 1. The zero-order valence-corrected chi connectivity index (χ0v) is 20.0. The number of allylic oxidation sites excluding steroid dienone is 5. The van der Waals surface area contributed by atoms with Crippen LogP contribution in [0.2, 0.25) is 0 Å². The maximum absolute atomic E-state index is 12.9. The van der Waals surface area contributed by atoms with Crippen molar-refractivity contribution in [3.63, 3.8) is 0 Å². The van der Waals surface area contributed by atoms with Crippen LogP contribution in [0.4, 0.5) is 13.2 Å². The zero-order valence-electron chi connectivity index (χ0n) is 20.0. The Kier molecular flexibility index (Phi) is 16.9. The molecule has 5 heteroatoms. The van der Waals surface area contributed by atoms with Crippen molar-refractivity contribution in [1.29, 1.82) is 5.26 Å². The first-order valence-corrected chi connectivity index (χ1v) is 11.4. The molecule has 1 aliphatic carbocycles. The molecule has 1 saturated heterocycles. The Morgan fingerprint density at radius 1 is 1.22 bits per heavy atom. The van der Waals surface area contributed by atoms with E-state index in [9.17, 15) is 13.2 Å². The van der Waals surface area contributed by atoms with E-state index in [1.165, 1.54) is 17.7 Å². The Morgan fingerprint density at radius 2 is 1.88 bits per heavy atom. The molecule has 0 amide bonds. The summed E-state index contributed by atoms with van der Waals surface area (Å²) in [5.41, 5.74) is 2.37. The number of rotatable bonds is 4. The molecule has 0 saturated carbocycles. The molecular weight excluding hydrogens is 409 g/mol. The molecule has 1 aromatic rings. The van der Waals surface area contributed by atoms with Crippen LogP contribution in [-0.2, 0) is 0 Å². The standard InChI is InChI=1S/C12H17F.C7H7F.C6H9FN2.C2H6/c1-2-3-4-6-11-7-5-8-12(13)10-9-11;1-6-2-4-7(8)5-3-6;1-9-4-5(7)2-6(9)3-8;1-2/h2,7,9-10,12H,1,3-6,8H2;2-5H,1H3;5-6H,2,4H2,1H3;1-2H3. The maximum atomic E-state index is 12.9. The number of alkyl halides is 2. The molecule has 1 aliphatic heterocycles. The van der Waals surface area contributed by atoms with Gasteiger partial charge in [0, 0.05) is 13.0 Å². The minimum absolute atomic E-state index is 0.171. The van der Waals surface area contributed by atoms with Crippen LogP contribution in [0.3, 0.4) is 0 Å². The number of halogens is 3. The Bertz CT molecular complexity index is 698. The number of aryl methyl sites for hydroxylation is 1. The predicted molar refractivity (Wildman–Crippen MR) is 129 cm³/mol. The third kappa shape index (κ3) is 13.9. The third-order valence-electron chi connectivity index (χ3n) is 4.90. The summed E-state index contributed by atoms with van der Waals surface area (Å²) < 4.78 is 37.4. The van der Waals surface area contributed by atoms with Crippen molar-refractivity contribution >= 4 is 0 Å². The monoisotopic (exact) mass is 448 g/mol. The van der Waals surface area contributed by atoms with Gasteiger partial charge in [-0.2, -0.15) is 5.26 Å². The largest absolute Gasteiger partial charge is 0.288 e. The number of nitrogens with zero attached hydrogens (tertiary/aromatic N) is 2. The molecule has 0 spiro atoms. The molecule has 0 aromatic heterocycles. The summed E-state index contributed by atoms with van der Waals surface area (Å²) in [6.07, 6.45) is 11.3. The van der Waals surface area contributed by atoms with Crippen molar-refractivity contribution in [2.45, 2.75) is 77.7 Å². The van der Waals surface area contributed by atoms with Gasteiger partial charge in [0.25, 0.3) is 0 Å². The lowest BCUT2D eigenvalue weighted by atomic mass is 10.1. The van der Waals surface area contributed by atoms with E-state index in [0.29, 0.717) is 19.4 Å². The molecule has 1 fully saturated rings.